The van der Waals surface area contributed by atoms with Crippen LogP contribution in [0.1, 0.15) is 40.4 Å². The van der Waals surface area contributed by atoms with E-state index in [0.29, 0.717) is 17.7 Å². The molecular formula is C26H25N3O4. The fraction of sp³-hybridized carbons (Fsp3) is 0.192. The van der Waals surface area contributed by atoms with Crippen molar-refractivity contribution in [1.29, 1.82) is 0 Å². The fourth-order valence-corrected chi connectivity index (χ4v) is 3.86. The van der Waals surface area contributed by atoms with Crippen molar-refractivity contribution in [3.8, 4) is 5.75 Å². The molecule has 7 heteroatoms. The number of rotatable bonds is 9. The lowest BCUT2D eigenvalue weighted by atomic mass is 9.86. The van der Waals surface area contributed by atoms with E-state index in [1.807, 2.05) is 72.8 Å². The number of methoxy groups -OCH3 is 1. The van der Waals surface area contributed by atoms with Gasteiger partial charge in [0.1, 0.15) is 12.4 Å². The maximum absolute atomic E-state index is 12.9. The maximum atomic E-state index is 12.9. The Labute approximate surface area is 191 Å². The second-order valence-electron chi connectivity index (χ2n) is 7.61. The molecule has 0 saturated carbocycles. The smallest absolute Gasteiger partial charge is 0.306 e. The van der Waals surface area contributed by atoms with Gasteiger partial charge in [0, 0.05) is 35.4 Å². The Morgan fingerprint density at radius 1 is 0.970 bits per heavy atom. The van der Waals surface area contributed by atoms with Crippen molar-refractivity contribution in [1.82, 2.24) is 15.2 Å². The average Bonchev–Trinajstić information content (AvgIpc) is 3.22. The summed E-state index contributed by atoms with van der Waals surface area (Å²) in [6.07, 6.45) is 2.23. The van der Waals surface area contributed by atoms with Gasteiger partial charge in [-0.2, -0.15) is 0 Å². The molecule has 0 spiro atoms. The Balaban J connectivity index is 1.72. The van der Waals surface area contributed by atoms with E-state index in [2.05, 4.69) is 15.2 Å². The number of aromatic nitrogens is 3. The minimum Gasteiger partial charge on any atom is -0.487 e. The normalized spacial score (nSPS) is 11.7. The van der Waals surface area contributed by atoms with Gasteiger partial charge in [-0.1, -0.05) is 54.6 Å². The van der Waals surface area contributed by atoms with Gasteiger partial charge >= 0.3 is 5.97 Å². The number of pyridine rings is 1. The van der Waals surface area contributed by atoms with Crippen LogP contribution in [0.4, 0.5) is 0 Å². The number of nitrogens with one attached hydrogen (secondary N) is 2. The van der Waals surface area contributed by atoms with E-state index in [-0.39, 0.29) is 18.6 Å². The van der Waals surface area contributed by atoms with Gasteiger partial charge in [-0.3, -0.25) is 19.7 Å². The lowest BCUT2D eigenvalue weighted by molar-refractivity contribution is -0.140. The Morgan fingerprint density at radius 2 is 1.73 bits per heavy atom. The van der Waals surface area contributed by atoms with Crippen molar-refractivity contribution in [2.45, 2.75) is 25.4 Å². The van der Waals surface area contributed by atoms with Crippen LogP contribution in [0.5, 0.6) is 5.75 Å². The largest absolute Gasteiger partial charge is 0.487 e. The average molecular weight is 444 g/mol. The second-order valence-corrected chi connectivity index (χ2v) is 7.61. The number of benzene rings is 2. The number of esters is 1. The van der Waals surface area contributed by atoms with Crippen molar-refractivity contribution in [3.63, 3.8) is 0 Å². The van der Waals surface area contributed by atoms with Crippen molar-refractivity contribution >= 4 is 5.97 Å². The van der Waals surface area contributed by atoms with Gasteiger partial charge in [0.15, 0.2) is 0 Å². The highest BCUT2D eigenvalue weighted by Crippen LogP contribution is 2.35. The molecule has 0 bridgehead atoms. The molecule has 2 aromatic carbocycles. The summed E-state index contributed by atoms with van der Waals surface area (Å²) in [4.78, 5) is 29.6. The monoisotopic (exact) mass is 443 g/mol. The molecule has 0 aliphatic heterocycles. The molecule has 0 amide bonds. The molecule has 33 heavy (non-hydrogen) atoms. The van der Waals surface area contributed by atoms with Crippen molar-refractivity contribution in [3.05, 3.63) is 117 Å². The number of hydrogen-bond acceptors (Lipinski definition) is 5. The van der Waals surface area contributed by atoms with E-state index in [1.165, 1.54) is 7.11 Å². The van der Waals surface area contributed by atoms with Crippen LogP contribution in [0.3, 0.4) is 0 Å². The third kappa shape index (κ3) is 5.38. The van der Waals surface area contributed by atoms with Crippen molar-refractivity contribution in [2.24, 2.45) is 0 Å². The van der Waals surface area contributed by atoms with E-state index in [0.717, 1.165) is 22.5 Å². The van der Waals surface area contributed by atoms with Gasteiger partial charge in [0.25, 0.3) is 5.56 Å². The van der Waals surface area contributed by atoms with E-state index < -0.39 is 11.9 Å². The van der Waals surface area contributed by atoms with Crippen LogP contribution >= 0.6 is 0 Å². The molecule has 2 heterocycles. The zero-order valence-corrected chi connectivity index (χ0v) is 18.3. The molecule has 0 saturated heterocycles. The highest BCUT2D eigenvalue weighted by Gasteiger charge is 2.28. The van der Waals surface area contributed by atoms with Crippen LogP contribution < -0.4 is 10.3 Å². The molecule has 0 fully saturated rings. The van der Waals surface area contributed by atoms with Gasteiger partial charge in [-0.25, -0.2) is 0 Å². The number of carbonyl (C=O) groups excluding carboxylic acids is 1. The lowest BCUT2D eigenvalue weighted by Gasteiger charge is -2.20. The third-order valence-corrected chi connectivity index (χ3v) is 5.46. The van der Waals surface area contributed by atoms with Crippen molar-refractivity contribution in [2.75, 3.05) is 7.11 Å². The van der Waals surface area contributed by atoms with Gasteiger partial charge in [0.05, 0.1) is 19.2 Å². The first-order chi connectivity index (χ1) is 16.2. The molecule has 7 nitrogen and oxygen atoms in total. The first-order valence-electron chi connectivity index (χ1n) is 10.7. The fourth-order valence-electron chi connectivity index (χ4n) is 3.86. The van der Waals surface area contributed by atoms with Gasteiger partial charge < -0.3 is 14.6 Å². The standard InChI is InChI=1S/C26H25N3O4/c1-32-24(30)16-21(25-22(28-29-26(25)31)15-18-9-3-2-4-10-18)20-12-5-6-13-23(20)33-17-19-11-7-8-14-27-19/h2-14,21H,15-17H2,1H3,(H2,28,29,31). The second kappa shape index (κ2) is 10.5. The quantitative estimate of drug-likeness (QED) is 0.382. The van der Waals surface area contributed by atoms with Crippen LogP contribution in [0.25, 0.3) is 0 Å². The van der Waals surface area contributed by atoms with Crippen LogP contribution in [0, 0.1) is 0 Å². The number of ether oxygens (including phenoxy) is 2. The molecule has 2 N–H and O–H groups in total. The number of hydrogen-bond donors (Lipinski definition) is 2. The lowest BCUT2D eigenvalue weighted by Crippen LogP contribution is -2.19. The molecule has 2 aromatic heterocycles. The summed E-state index contributed by atoms with van der Waals surface area (Å²) in [7, 11) is 1.34. The summed E-state index contributed by atoms with van der Waals surface area (Å²) in [5.74, 6) is -0.375. The summed E-state index contributed by atoms with van der Waals surface area (Å²) >= 11 is 0. The maximum Gasteiger partial charge on any atom is 0.306 e. The van der Waals surface area contributed by atoms with Crippen molar-refractivity contribution < 1.29 is 14.3 Å². The third-order valence-electron chi connectivity index (χ3n) is 5.46. The number of aromatic amines is 2. The SMILES string of the molecule is COC(=O)CC(c1ccccc1OCc1ccccn1)c1c(Cc2ccccc2)[nH][nH]c1=O. The Hall–Kier alpha value is -4.13. The van der Waals surface area contributed by atoms with Gasteiger partial charge in [-0.05, 0) is 23.8 Å². The topological polar surface area (TPSA) is 97.1 Å². The predicted molar refractivity (Wildman–Crippen MR) is 124 cm³/mol. The zero-order valence-electron chi connectivity index (χ0n) is 18.3. The van der Waals surface area contributed by atoms with Crippen LogP contribution in [0.15, 0.2) is 83.8 Å². The summed E-state index contributed by atoms with van der Waals surface area (Å²) in [5.41, 5.74) is 3.51. The number of carbonyl (C=O) groups is 1. The minimum atomic E-state index is -0.550. The molecule has 4 aromatic rings. The molecule has 4 rings (SSSR count). The van der Waals surface area contributed by atoms with Crippen LogP contribution in [-0.2, 0) is 22.6 Å². The predicted octanol–water partition coefficient (Wildman–Crippen LogP) is 3.96. The zero-order chi connectivity index (χ0) is 23.0. The molecule has 1 atom stereocenters. The van der Waals surface area contributed by atoms with Crippen LogP contribution in [0.2, 0.25) is 0 Å². The molecule has 168 valence electrons. The Kier molecular flexibility index (Phi) is 6.99. The molecule has 0 aliphatic rings. The molecular weight excluding hydrogens is 418 g/mol. The summed E-state index contributed by atoms with van der Waals surface area (Å²) in [6, 6.07) is 22.9. The van der Waals surface area contributed by atoms with Gasteiger partial charge in [0.2, 0.25) is 0 Å². The van der Waals surface area contributed by atoms with E-state index in [4.69, 9.17) is 9.47 Å². The highest BCUT2D eigenvalue weighted by molar-refractivity contribution is 5.71. The first kappa shape index (κ1) is 22.1. The van der Waals surface area contributed by atoms with E-state index in [9.17, 15) is 9.59 Å². The number of nitrogens with zero attached hydrogens (tertiary/aromatic N) is 1. The summed E-state index contributed by atoms with van der Waals surface area (Å²) < 4.78 is 11.0. The van der Waals surface area contributed by atoms with E-state index >= 15 is 0 Å². The van der Waals surface area contributed by atoms with Crippen LogP contribution in [-0.4, -0.2) is 28.3 Å². The first-order valence-corrected chi connectivity index (χ1v) is 10.7. The Morgan fingerprint density at radius 3 is 2.48 bits per heavy atom. The Bertz CT molecular complexity index is 1250. The van der Waals surface area contributed by atoms with E-state index in [1.54, 1.807) is 6.20 Å². The highest BCUT2D eigenvalue weighted by atomic mass is 16.5. The molecule has 0 aliphatic carbocycles. The minimum absolute atomic E-state index is 0.00316. The van der Waals surface area contributed by atoms with Gasteiger partial charge in [-0.15, -0.1) is 0 Å². The molecule has 0 radical (unpaired) electrons. The summed E-state index contributed by atoms with van der Waals surface area (Å²) in [6.45, 7) is 0.267. The number of para-hydroxylation sites is 1. The molecule has 1 unspecified atom stereocenters. The summed E-state index contributed by atoms with van der Waals surface area (Å²) in [5, 5.41) is 5.69. The number of H-pyrrole nitrogens is 2.